The summed E-state index contributed by atoms with van der Waals surface area (Å²) in [5.41, 5.74) is -0.429. The number of hydrogen-bond acceptors (Lipinski definition) is 7. The summed E-state index contributed by atoms with van der Waals surface area (Å²) in [6, 6.07) is 2.89. The summed E-state index contributed by atoms with van der Waals surface area (Å²) in [5, 5.41) is 15.0. The number of alkyl carbamates (subject to hydrolysis) is 1. The first-order valence-corrected chi connectivity index (χ1v) is 10.9. The minimum atomic E-state index is -1.03. The summed E-state index contributed by atoms with van der Waals surface area (Å²) in [7, 11) is 0. The maximum Gasteiger partial charge on any atom is 0.407 e. The Kier molecular flexibility index (Phi) is 8.92. The molecule has 0 aromatic carbocycles. The third-order valence-corrected chi connectivity index (χ3v) is 4.68. The van der Waals surface area contributed by atoms with Gasteiger partial charge in [0, 0.05) is 4.90 Å². The van der Waals surface area contributed by atoms with E-state index in [0.29, 0.717) is 11.4 Å². The van der Waals surface area contributed by atoms with E-state index in [2.05, 4.69) is 15.6 Å². The second-order valence-corrected chi connectivity index (χ2v) is 8.44. The molecule has 1 amide bonds. The summed E-state index contributed by atoms with van der Waals surface area (Å²) >= 11 is 1.52. The van der Waals surface area contributed by atoms with Crippen molar-refractivity contribution < 1.29 is 24.2 Å². The van der Waals surface area contributed by atoms with Gasteiger partial charge in [0.15, 0.2) is 5.72 Å². The standard InChI is InChI=1S/C18H27N3O5S.C2H6/c1-10-14(15(22)23)21-18(5,25-10)13-8-12(27-6)7-11(20-13)9-19-16(24)26-17(2,3)4;1-2/h7-8,10,14,21H,9H2,1-6H3,(H,19,24)(H,22,23);1-2H3. The van der Waals surface area contributed by atoms with Gasteiger partial charge in [-0.05, 0) is 53.0 Å². The number of carboxylic acid groups (broad SMARTS) is 1. The molecule has 9 heteroatoms. The number of nitrogens with one attached hydrogen (secondary N) is 2. The Hall–Kier alpha value is -1.84. The minimum absolute atomic E-state index is 0.185. The highest BCUT2D eigenvalue weighted by Crippen LogP contribution is 2.32. The van der Waals surface area contributed by atoms with Crippen LogP contribution >= 0.6 is 11.8 Å². The van der Waals surface area contributed by atoms with Crippen LogP contribution in [0.1, 0.15) is 59.9 Å². The number of pyridine rings is 1. The quantitative estimate of drug-likeness (QED) is 0.613. The fraction of sp³-hybridized carbons (Fsp3) is 0.650. The van der Waals surface area contributed by atoms with Crippen molar-refractivity contribution in [2.75, 3.05) is 6.26 Å². The van der Waals surface area contributed by atoms with E-state index in [1.807, 2.05) is 32.2 Å². The molecule has 0 spiro atoms. The molecule has 29 heavy (non-hydrogen) atoms. The summed E-state index contributed by atoms with van der Waals surface area (Å²) < 4.78 is 11.1. The number of aliphatic carboxylic acids is 1. The Morgan fingerprint density at radius 2 is 2.00 bits per heavy atom. The lowest BCUT2D eigenvalue weighted by Gasteiger charge is -2.25. The maximum absolute atomic E-state index is 11.9. The molecule has 0 bridgehead atoms. The van der Waals surface area contributed by atoms with Gasteiger partial charge in [-0.3, -0.25) is 15.1 Å². The lowest BCUT2D eigenvalue weighted by molar-refractivity contribution is -0.140. The second-order valence-electron chi connectivity index (χ2n) is 7.56. The van der Waals surface area contributed by atoms with E-state index < -0.39 is 35.5 Å². The fourth-order valence-corrected chi connectivity index (χ4v) is 3.26. The van der Waals surface area contributed by atoms with Gasteiger partial charge in [-0.25, -0.2) is 4.79 Å². The van der Waals surface area contributed by atoms with Crippen molar-refractivity contribution in [3.8, 4) is 0 Å². The van der Waals surface area contributed by atoms with Crippen LogP contribution in [-0.4, -0.2) is 46.2 Å². The molecule has 1 aliphatic rings. The summed E-state index contributed by atoms with van der Waals surface area (Å²) in [5.74, 6) is -0.973. The molecule has 3 N–H and O–H groups in total. The van der Waals surface area contributed by atoms with Crippen molar-refractivity contribution in [2.24, 2.45) is 0 Å². The number of carbonyl (C=O) groups is 2. The van der Waals surface area contributed by atoms with Crippen molar-refractivity contribution in [2.45, 2.75) is 83.4 Å². The van der Waals surface area contributed by atoms with Crippen molar-refractivity contribution in [3.05, 3.63) is 23.5 Å². The first kappa shape index (κ1) is 25.2. The van der Waals surface area contributed by atoms with Gasteiger partial charge in [0.1, 0.15) is 11.6 Å². The van der Waals surface area contributed by atoms with Crippen molar-refractivity contribution in [1.82, 2.24) is 15.6 Å². The number of thioether (sulfide) groups is 1. The molecular formula is C20H33N3O5S. The monoisotopic (exact) mass is 427 g/mol. The second kappa shape index (κ2) is 10.3. The Bertz CT molecular complexity index is 723. The zero-order chi connectivity index (χ0) is 22.4. The van der Waals surface area contributed by atoms with Gasteiger partial charge >= 0.3 is 12.1 Å². The lowest BCUT2D eigenvalue weighted by atomic mass is 10.1. The molecule has 1 aromatic rings. The van der Waals surface area contributed by atoms with Crippen LogP contribution in [0, 0.1) is 0 Å². The molecule has 1 aliphatic heterocycles. The third-order valence-electron chi connectivity index (χ3n) is 3.98. The topological polar surface area (TPSA) is 110 Å². The molecule has 0 saturated carbocycles. The smallest absolute Gasteiger partial charge is 0.407 e. The number of aromatic nitrogens is 1. The zero-order valence-electron chi connectivity index (χ0n) is 18.5. The highest BCUT2D eigenvalue weighted by Gasteiger charge is 2.46. The summed E-state index contributed by atoms with van der Waals surface area (Å²) in [4.78, 5) is 28.8. The Labute approximate surface area is 177 Å². The predicted octanol–water partition coefficient (Wildman–Crippen LogP) is 3.49. The molecule has 0 radical (unpaired) electrons. The van der Waals surface area contributed by atoms with Gasteiger partial charge in [0.25, 0.3) is 0 Å². The van der Waals surface area contributed by atoms with Crippen LogP contribution in [0.25, 0.3) is 0 Å². The predicted molar refractivity (Wildman–Crippen MR) is 113 cm³/mol. The number of carbonyl (C=O) groups excluding carboxylic acids is 1. The van der Waals surface area contributed by atoms with Crippen LogP contribution in [0.5, 0.6) is 0 Å². The third kappa shape index (κ3) is 7.17. The van der Waals surface area contributed by atoms with Crippen LogP contribution in [0.2, 0.25) is 0 Å². The van der Waals surface area contributed by atoms with Crippen LogP contribution in [-0.2, 0) is 26.5 Å². The lowest BCUT2D eigenvalue weighted by Crippen LogP contribution is -2.44. The molecule has 2 heterocycles. The van der Waals surface area contributed by atoms with Gasteiger partial charge in [-0.15, -0.1) is 11.8 Å². The number of carboxylic acids is 1. The molecule has 1 aromatic heterocycles. The number of ether oxygens (including phenoxy) is 2. The van der Waals surface area contributed by atoms with Gasteiger partial charge in [-0.1, -0.05) is 13.8 Å². The van der Waals surface area contributed by atoms with Crippen LogP contribution in [0.3, 0.4) is 0 Å². The molecule has 2 rings (SSSR count). The number of nitrogens with zero attached hydrogens (tertiary/aromatic N) is 1. The van der Waals surface area contributed by atoms with E-state index in [1.165, 1.54) is 11.8 Å². The number of hydrogen-bond donors (Lipinski definition) is 3. The Balaban J connectivity index is 0.00000204. The SMILES string of the molecule is CC.CSc1cc(CNC(=O)OC(C)(C)C)nc(C2(C)NC(C(=O)O)C(C)O2)c1. The van der Waals surface area contributed by atoms with Gasteiger partial charge in [0.05, 0.1) is 24.0 Å². The zero-order valence-corrected chi connectivity index (χ0v) is 19.3. The van der Waals surface area contributed by atoms with E-state index in [0.717, 1.165) is 4.90 Å². The van der Waals surface area contributed by atoms with Crippen molar-refractivity contribution in [1.29, 1.82) is 0 Å². The van der Waals surface area contributed by atoms with Gasteiger partial charge < -0.3 is 19.9 Å². The molecule has 0 aliphatic carbocycles. The molecule has 1 fully saturated rings. The molecule has 164 valence electrons. The summed E-state index contributed by atoms with van der Waals surface area (Å²) in [6.07, 6.45) is 0.898. The van der Waals surface area contributed by atoms with Gasteiger partial charge in [-0.2, -0.15) is 0 Å². The van der Waals surface area contributed by atoms with Crippen molar-refractivity contribution in [3.63, 3.8) is 0 Å². The summed E-state index contributed by atoms with van der Waals surface area (Å²) in [6.45, 7) is 13.0. The average Bonchev–Trinajstić information content (AvgIpc) is 2.96. The van der Waals surface area contributed by atoms with E-state index >= 15 is 0 Å². The maximum atomic E-state index is 11.9. The average molecular weight is 428 g/mol. The molecular weight excluding hydrogens is 394 g/mol. The first-order chi connectivity index (χ1) is 13.4. The largest absolute Gasteiger partial charge is 0.480 e. The van der Waals surface area contributed by atoms with Crippen molar-refractivity contribution >= 4 is 23.8 Å². The molecule has 3 unspecified atom stereocenters. The minimum Gasteiger partial charge on any atom is -0.480 e. The molecule has 3 atom stereocenters. The van der Waals surface area contributed by atoms with Crippen LogP contribution < -0.4 is 10.6 Å². The highest BCUT2D eigenvalue weighted by molar-refractivity contribution is 7.98. The number of rotatable bonds is 5. The first-order valence-electron chi connectivity index (χ1n) is 9.64. The van der Waals surface area contributed by atoms with Gasteiger partial charge in [0.2, 0.25) is 0 Å². The van der Waals surface area contributed by atoms with Crippen LogP contribution in [0.4, 0.5) is 4.79 Å². The normalized spacial score (nSPS) is 23.7. The fourth-order valence-electron chi connectivity index (χ4n) is 2.77. The number of amides is 1. The Morgan fingerprint density at radius 3 is 2.48 bits per heavy atom. The Morgan fingerprint density at radius 1 is 1.38 bits per heavy atom. The van der Waals surface area contributed by atoms with Crippen LogP contribution in [0.15, 0.2) is 17.0 Å². The van der Waals surface area contributed by atoms with E-state index in [4.69, 9.17) is 9.47 Å². The molecule has 1 saturated heterocycles. The van der Waals surface area contributed by atoms with E-state index in [9.17, 15) is 14.7 Å². The van der Waals surface area contributed by atoms with E-state index in [1.54, 1.807) is 34.6 Å². The molecule has 8 nitrogen and oxygen atoms in total. The highest BCUT2D eigenvalue weighted by atomic mass is 32.2. The van der Waals surface area contributed by atoms with E-state index in [-0.39, 0.29) is 6.54 Å².